The standard InChI is InChI=1S/C81H160N2O6S2/c1-6-10-14-18-22-26-30-34-38-42-46-50-54-58-62-76(84)71-82(72-77(85)63-59-55-51-47-43-39-35-31-27-23-19-15-11-7-2)66-68-90-80(88)70-75(5)81(89)91-69-67-83(73-78(86)64-60-56-52-48-44-40-36-32-28-24-20-16-12-8-3)74-79(87)65-61-57-53-49-45-41-37-33-29-25-21-17-13-9-4/h76-79,84-87H,5-74H2,1-4H3. The molecule has 542 valence electrons. The smallest absolute Gasteiger partial charge is 0.215 e. The summed E-state index contributed by atoms with van der Waals surface area (Å²) in [7, 11) is 0. The van der Waals surface area contributed by atoms with Gasteiger partial charge in [-0.25, -0.2) is 0 Å². The molecule has 4 N–H and O–H groups in total. The van der Waals surface area contributed by atoms with Crippen molar-refractivity contribution >= 4 is 33.8 Å². The SMILES string of the molecule is C=C(CC(=O)SCCN(CC(O)CCCCCCCCCCCCCCCC)CC(O)CCCCCCCCCCCCCCCC)C(=O)SCCN(CC(O)CCCCCCCCCCCCCCCC)CC(O)CCCCCCCCCCCCCCCC. The Morgan fingerprint density at radius 2 is 0.462 bits per heavy atom. The first kappa shape index (κ1) is 90.5. The minimum Gasteiger partial charge on any atom is -0.392 e. The molecule has 0 saturated carbocycles. The fraction of sp³-hybridized carbons (Fsp3) is 0.951. The maximum absolute atomic E-state index is 13.5. The fourth-order valence-electron chi connectivity index (χ4n) is 13.3. The van der Waals surface area contributed by atoms with Crippen LogP contribution < -0.4 is 0 Å². The zero-order valence-corrected chi connectivity index (χ0v) is 63.3. The molecule has 0 heterocycles. The number of aliphatic hydroxyl groups is 4. The summed E-state index contributed by atoms with van der Waals surface area (Å²) in [6.07, 6.45) is 74.5. The van der Waals surface area contributed by atoms with Gasteiger partial charge in [0.05, 0.1) is 24.4 Å². The first-order valence-electron chi connectivity index (χ1n) is 40.7. The topological polar surface area (TPSA) is 122 Å². The highest BCUT2D eigenvalue weighted by molar-refractivity contribution is 8.14. The zero-order chi connectivity index (χ0) is 66.4. The van der Waals surface area contributed by atoms with Crippen molar-refractivity contribution < 1.29 is 30.0 Å². The van der Waals surface area contributed by atoms with Gasteiger partial charge >= 0.3 is 0 Å². The summed E-state index contributed by atoms with van der Waals surface area (Å²) >= 11 is 2.42. The summed E-state index contributed by atoms with van der Waals surface area (Å²) in [4.78, 5) is 31.1. The predicted octanol–water partition coefficient (Wildman–Crippen LogP) is 24.0. The average Bonchev–Trinajstić information content (AvgIpc) is 3.62. The van der Waals surface area contributed by atoms with Gasteiger partial charge in [0.2, 0.25) is 5.12 Å². The Hall–Kier alpha value is -0.460. The molecule has 0 spiro atoms. The van der Waals surface area contributed by atoms with Crippen molar-refractivity contribution in [1.82, 2.24) is 9.80 Å². The van der Waals surface area contributed by atoms with Crippen LogP contribution in [0.4, 0.5) is 0 Å². The van der Waals surface area contributed by atoms with Crippen molar-refractivity contribution in [2.24, 2.45) is 0 Å². The number of unbranched alkanes of at least 4 members (excludes halogenated alkanes) is 52. The Bertz CT molecular complexity index is 1410. The molecule has 0 aliphatic heterocycles. The molecule has 10 heteroatoms. The van der Waals surface area contributed by atoms with Gasteiger partial charge < -0.3 is 20.4 Å². The van der Waals surface area contributed by atoms with E-state index in [1.165, 1.54) is 332 Å². The van der Waals surface area contributed by atoms with Gasteiger partial charge in [0, 0.05) is 62.8 Å². The summed E-state index contributed by atoms with van der Waals surface area (Å²) < 4.78 is 0. The lowest BCUT2D eigenvalue weighted by Crippen LogP contribution is -2.39. The van der Waals surface area contributed by atoms with Gasteiger partial charge in [0.15, 0.2) is 5.12 Å². The van der Waals surface area contributed by atoms with Crippen LogP contribution in [0.3, 0.4) is 0 Å². The Labute approximate surface area is 577 Å². The Balaban J connectivity index is 5.13. The number of carbonyl (C=O) groups is 2. The van der Waals surface area contributed by atoms with Crippen LogP contribution in [0.1, 0.15) is 419 Å². The summed E-state index contributed by atoms with van der Waals surface area (Å²) in [5.74, 6) is 1.04. The number of nitrogens with zero attached hydrogens (tertiary/aromatic N) is 2. The average molecular weight is 1320 g/mol. The fourth-order valence-corrected chi connectivity index (χ4v) is 15.0. The molecule has 0 radical (unpaired) electrons. The lowest BCUT2D eigenvalue weighted by atomic mass is 10.0. The van der Waals surface area contributed by atoms with Crippen LogP contribution in [0, 0.1) is 0 Å². The summed E-state index contributed by atoms with van der Waals surface area (Å²) in [6, 6.07) is 0. The Kier molecular flexibility index (Phi) is 73.4. The molecule has 0 saturated heterocycles. The highest BCUT2D eigenvalue weighted by Crippen LogP contribution is 2.22. The lowest BCUT2D eigenvalue weighted by molar-refractivity contribution is -0.112. The second kappa shape index (κ2) is 73.8. The maximum atomic E-state index is 13.5. The minimum atomic E-state index is -0.471. The van der Waals surface area contributed by atoms with Crippen LogP contribution in [0.15, 0.2) is 12.2 Å². The number of thioether (sulfide) groups is 2. The van der Waals surface area contributed by atoms with Gasteiger partial charge in [-0.1, -0.05) is 417 Å². The van der Waals surface area contributed by atoms with Crippen LogP contribution in [-0.2, 0) is 9.59 Å². The molecular formula is C81H160N2O6S2. The molecule has 0 aliphatic carbocycles. The quantitative estimate of drug-likeness (QED) is 0.0346. The molecule has 0 aromatic carbocycles. The van der Waals surface area contributed by atoms with Crippen molar-refractivity contribution in [1.29, 1.82) is 0 Å². The summed E-state index contributed by atoms with van der Waals surface area (Å²) in [5, 5.41) is 44.8. The third-order valence-electron chi connectivity index (χ3n) is 19.4. The van der Waals surface area contributed by atoms with Gasteiger partial charge in [-0.15, -0.1) is 0 Å². The normalized spacial score (nSPS) is 13.3. The van der Waals surface area contributed by atoms with Gasteiger partial charge in [-0.05, 0) is 25.7 Å². The predicted molar refractivity (Wildman–Crippen MR) is 405 cm³/mol. The molecule has 91 heavy (non-hydrogen) atoms. The molecule has 0 aliphatic rings. The van der Waals surface area contributed by atoms with Crippen LogP contribution in [0.5, 0.6) is 0 Å². The van der Waals surface area contributed by atoms with E-state index in [1.54, 1.807) is 0 Å². The highest BCUT2D eigenvalue weighted by Gasteiger charge is 2.20. The van der Waals surface area contributed by atoms with E-state index in [0.29, 0.717) is 56.3 Å². The third-order valence-corrected chi connectivity index (χ3v) is 21.2. The number of rotatable bonds is 77. The van der Waals surface area contributed by atoms with E-state index in [-0.39, 0.29) is 16.7 Å². The van der Waals surface area contributed by atoms with E-state index in [1.807, 2.05) is 0 Å². The van der Waals surface area contributed by atoms with Gasteiger partial charge in [-0.2, -0.15) is 0 Å². The first-order valence-corrected chi connectivity index (χ1v) is 42.7. The third kappa shape index (κ3) is 69.3. The molecule has 4 atom stereocenters. The van der Waals surface area contributed by atoms with Crippen LogP contribution in [0.25, 0.3) is 0 Å². The summed E-state index contributed by atoms with van der Waals surface area (Å²) in [5.41, 5.74) is 0.314. The molecule has 0 amide bonds. The van der Waals surface area contributed by atoms with E-state index in [0.717, 1.165) is 77.0 Å². The van der Waals surface area contributed by atoms with Crippen LogP contribution in [0.2, 0.25) is 0 Å². The van der Waals surface area contributed by atoms with Gasteiger partial charge in [-0.3, -0.25) is 19.4 Å². The van der Waals surface area contributed by atoms with E-state index in [2.05, 4.69) is 44.1 Å². The van der Waals surface area contributed by atoms with Gasteiger partial charge in [0.1, 0.15) is 0 Å². The monoisotopic (exact) mass is 1320 g/mol. The van der Waals surface area contributed by atoms with E-state index in [4.69, 9.17) is 0 Å². The van der Waals surface area contributed by atoms with Crippen LogP contribution in [-0.4, -0.2) is 116 Å². The lowest BCUT2D eigenvalue weighted by Gasteiger charge is -2.27. The number of hydrogen-bond donors (Lipinski definition) is 4. The molecule has 0 aromatic heterocycles. The second-order valence-corrected chi connectivity index (χ2v) is 31.0. The zero-order valence-electron chi connectivity index (χ0n) is 61.6. The molecule has 0 fully saturated rings. The maximum Gasteiger partial charge on any atom is 0.215 e. The molecule has 0 bridgehead atoms. The number of hydrogen-bond acceptors (Lipinski definition) is 10. The first-order chi connectivity index (χ1) is 44.6. The molecular weight excluding hydrogens is 1160 g/mol. The molecule has 4 unspecified atom stereocenters. The molecule has 8 nitrogen and oxygen atoms in total. The van der Waals surface area contributed by atoms with Gasteiger partial charge in [0.25, 0.3) is 0 Å². The van der Waals surface area contributed by atoms with E-state index >= 15 is 0 Å². The summed E-state index contributed by atoms with van der Waals surface area (Å²) in [6.45, 7) is 16.3. The van der Waals surface area contributed by atoms with Crippen molar-refractivity contribution in [3.63, 3.8) is 0 Å². The van der Waals surface area contributed by atoms with Crippen molar-refractivity contribution in [3.8, 4) is 0 Å². The van der Waals surface area contributed by atoms with Crippen molar-refractivity contribution in [3.05, 3.63) is 12.2 Å². The number of carbonyl (C=O) groups excluding carboxylic acids is 2. The Morgan fingerprint density at radius 3 is 0.659 bits per heavy atom. The number of aliphatic hydroxyl groups excluding tert-OH is 4. The molecule has 0 aromatic rings. The van der Waals surface area contributed by atoms with E-state index in [9.17, 15) is 30.0 Å². The van der Waals surface area contributed by atoms with E-state index < -0.39 is 24.4 Å². The highest BCUT2D eigenvalue weighted by atomic mass is 32.2. The van der Waals surface area contributed by atoms with Crippen LogP contribution >= 0.6 is 23.5 Å². The largest absolute Gasteiger partial charge is 0.392 e. The van der Waals surface area contributed by atoms with Crippen molar-refractivity contribution in [2.45, 2.75) is 444 Å². The second-order valence-electron chi connectivity index (χ2n) is 28.8. The van der Waals surface area contributed by atoms with Crippen molar-refractivity contribution in [2.75, 3.05) is 50.8 Å². The molecule has 0 rings (SSSR count). The minimum absolute atomic E-state index is 0.000467. The Morgan fingerprint density at radius 1 is 0.286 bits per heavy atom.